The normalized spacial score (nSPS) is 31.8. The first kappa shape index (κ1) is 20.4. The molecule has 1 aliphatic heterocycles. The minimum absolute atomic E-state index is 0.121. The molecule has 0 bridgehead atoms. The second-order valence-electron chi connectivity index (χ2n) is 6.43. The molecule has 1 amide bonds. The Morgan fingerprint density at radius 2 is 1.77 bits per heavy atom. The molecule has 8 heteroatoms. The van der Waals surface area contributed by atoms with Gasteiger partial charge in [0.15, 0.2) is 5.79 Å². The molecule has 0 spiro atoms. The zero-order chi connectivity index (χ0) is 19.5. The molecule has 0 saturated carbocycles. The molecule has 1 heterocycles. The number of rotatable bonds is 6. The number of amides is 1. The Morgan fingerprint density at radius 1 is 1.12 bits per heavy atom. The fraction of sp³-hybridized carbons (Fsp3) is 0.722. The third-order valence-electron chi connectivity index (χ3n) is 4.67. The summed E-state index contributed by atoms with van der Waals surface area (Å²) in [4.78, 5) is 36.0. The van der Waals surface area contributed by atoms with E-state index in [0.29, 0.717) is 12.8 Å². The summed E-state index contributed by atoms with van der Waals surface area (Å²) in [5.74, 6) is -2.55. The molecule has 2 rings (SSSR count). The highest BCUT2D eigenvalue weighted by Crippen LogP contribution is 2.44. The lowest BCUT2D eigenvalue weighted by atomic mass is 9.83. The van der Waals surface area contributed by atoms with Crippen molar-refractivity contribution in [1.82, 2.24) is 5.32 Å². The van der Waals surface area contributed by atoms with Crippen LogP contribution in [0.4, 0.5) is 0 Å². The van der Waals surface area contributed by atoms with Crippen LogP contribution in [-0.2, 0) is 33.3 Å². The third-order valence-corrected chi connectivity index (χ3v) is 4.67. The first-order valence-electron chi connectivity index (χ1n) is 8.92. The van der Waals surface area contributed by atoms with Crippen molar-refractivity contribution in [3.05, 3.63) is 12.2 Å². The van der Waals surface area contributed by atoms with Gasteiger partial charge in [-0.25, -0.2) is 4.79 Å². The van der Waals surface area contributed by atoms with Crippen molar-refractivity contribution in [2.24, 2.45) is 0 Å². The van der Waals surface area contributed by atoms with Gasteiger partial charge in [0.2, 0.25) is 5.91 Å². The molecular formula is C18H27NO7. The first-order valence-corrected chi connectivity index (χ1v) is 8.92. The van der Waals surface area contributed by atoms with Crippen molar-refractivity contribution in [2.75, 3.05) is 6.61 Å². The summed E-state index contributed by atoms with van der Waals surface area (Å²) in [6, 6.07) is -0.518. The standard InChI is InChI=1S/C18H27NO7/c1-6-17(7-2)25-14-13(19-11(4)20)9-10-18(15(14)26-17,24-12(5)21)16(22)23-8-3/h9-10,13-15H,6-8H2,1-5H3,(H,19,20)/t13-,14+,15+,18+/m1/s1. The first-order chi connectivity index (χ1) is 12.2. The summed E-state index contributed by atoms with van der Waals surface area (Å²) < 4.78 is 22.9. The van der Waals surface area contributed by atoms with Gasteiger partial charge in [0.05, 0.1) is 12.6 Å². The number of fused-ring (bicyclic) bond motifs is 1. The van der Waals surface area contributed by atoms with Gasteiger partial charge in [0.1, 0.15) is 12.2 Å². The van der Waals surface area contributed by atoms with Crippen LogP contribution in [0.25, 0.3) is 0 Å². The molecule has 8 nitrogen and oxygen atoms in total. The van der Waals surface area contributed by atoms with Gasteiger partial charge in [-0.15, -0.1) is 0 Å². The van der Waals surface area contributed by atoms with Crippen LogP contribution < -0.4 is 5.32 Å². The van der Waals surface area contributed by atoms with Crippen molar-refractivity contribution in [2.45, 2.75) is 77.1 Å². The molecule has 0 aromatic rings. The second-order valence-corrected chi connectivity index (χ2v) is 6.43. The summed E-state index contributed by atoms with van der Waals surface area (Å²) in [6.07, 6.45) is 2.44. The molecule has 0 aromatic heterocycles. The average Bonchev–Trinajstić information content (AvgIpc) is 2.98. The topological polar surface area (TPSA) is 100 Å². The van der Waals surface area contributed by atoms with E-state index in [4.69, 9.17) is 18.9 Å². The molecule has 0 radical (unpaired) electrons. The van der Waals surface area contributed by atoms with Crippen molar-refractivity contribution >= 4 is 17.8 Å². The van der Waals surface area contributed by atoms with E-state index in [1.54, 1.807) is 13.0 Å². The van der Waals surface area contributed by atoms with E-state index in [9.17, 15) is 14.4 Å². The van der Waals surface area contributed by atoms with Gasteiger partial charge >= 0.3 is 11.9 Å². The van der Waals surface area contributed by atoms with Gasteiger partial charge in [0, 0.05) is 13.8 Å². The Bertz CT molecular complexity index is 598. The van der Waals surface area contributed by atoms with Crippen LogP contribution in [0.2, 0.25) is 0 Å². The van der Waals surface area contributed by atoms with E-state index in [2.05, 4.69) is 5.32 Å². The van der Waals surface area contributed by atoms with E-state index in [-0.39, 0.29) is 12.5 Å². The van der Waals surface area contributed by atoms with E-state index in [1.807, 2.05) is 13.8 Å². The van der Waals surface area contributed by atoms with Gasteiger partial charge in [-0.2, -0.15) is 0 Å². The van der Waals surface area contributed by atoms with Gasteiger partial charge in [-0.05, 0) is 25.8 Å². The monoisotopic (exact) mass is 369 g/mol. The molecule has 1 aliphatic carbocycles. The minimum Gasteiger partial charge on any atom is -0.463 e. The van der Waals surface area contributed by atoms with Crippen LogP contribution in [0.5, 0.6) is 0 Å². The molecule has 4 atom stereocenters. The third kappa shape index (κ3) is 3.61. The quantitative estimate of drug-likeness (QED) is 0.555. The smallest absolute Gasteiger partial charge is 0.357 e. The number of hydrogen-bond acceptors (Lipinski definition) is 7. The summed E-state index contributed by atoms with van der Waals surface area (Å²) in [7, 11) is 0. The Morgan fingerprint density at radius 3 is 2.27 bits per heavy atom. The van der Waals surface area contributed by atoms with Crippen molar-refractivity contribution in [3.63, 3.8) is 0 Å². The van der Waals surface area contributed by atoms with Crippen LogP contribution in [0.3, 0.4) is 0 Å². The maximum absolute atomic E-state index is 12.7. The van der Waals surface area contributed by atoms with E-state index in [1.165, 1.54) is 19.9 Å². The number of ether oxygens (including phenoxy) is 4. The zero-order valence-corrected chi connectivity index (χ0v) is 15.9. The largest absolute Gasteiger partial charge is 0.463 e. The summed E-state index contributed by atoms with van der Waals surface area (Å²) in [5.41, 5.74) is -1.76. The maximum atomic E-state index is 12.7. The number of carbonyl (C=O) groups is 3. The predicted molar refractivity (Wildman–Crippen MR) is 90.9 cm³/mol. The molecule has 146 valence electrons. The van der Waals surface area contributed by atoms with Crippen LogP contribution in [0.15, 0.2) is 12.2 Å². The van der Waals surface area contributed by atoms with Crippen LogP contribution in [0.1, 0.15) is 47.5 Å². The highest BCUT2D eigenvalue weighted by molar-refractivity contribution is 5.87. The molecule has 1 saturated heterocycles. The summed E-state index contributed by atoms with van der Waals surface area (Å²) >= 11 is 0. The fourth-order valence-corrected chi connectivity index (χ4v) is 3.43. The molecular weight excluding hydrogens is 342 g/mol. The lowest BCUT2D eigenvalue weighted by Gasteiger charge is -2.39. The lowest BCUT2D eigenvalue weighted by Crippen LogP contribution is -2.62. The average molecular weight is 369 g/mol. The SMILES string of the molecule is CCOC(=O)[C@]1(OC(C)=O)C=C[C@@H](NC(C)=O)[C@@H]2OC(CC)(CC)O[C@@H]21. The molecule has 2 aliphatic rings. The highest BCUT2D eigenvalue weighted by Gasteiger charge is 2.63. The number of nitrogens with one attached hydrogen (secondary N) is 1. The van der Waals surface area contributed by atoms with E-state index < -0.39 is 41.6 Å². The van der Waals surface area contributed by atoms with Crippen LogP contribution >= 0.6 is 0 Å². The predicted octanol–water partition coefficient (Wildman–Crippen LogP) is 1.23. The Labute approximate surface area is 153 Å². The van der Waals surface area contributed by atoms with Crippen molar-refractivity contribution in [1.29, 1.82) is 0 Å². The Hall–Kier alpha value is -1.93. The fourth-order valence-electron chi connectivity index (χ4n) is 3.43. The lowest BCUT2D eigenvalue weighted by molar-refractivity contribution is -0.208. The van der Waals surface area contributed by atoms with Crippen LogP contribution in [-0.4, -0.2) is 54.1 Å². The van der Waals surface area contributed by atoms with E-state index >= 15 is 0 Å². The summed E-state index contributed by atoms with van der Waals surface area (Å²) in [6.45, 7) is 8.20. The van der Waals surface area contributed by atoms with E-state index in [0.717, 1.165) is 0 Å². The molecule has 0 unspecified atom stereocenters. The Kier molecular flexibility index (Phi) is 6.08. The molecule has 0 aromatic carbocycles. The number of hydrogen-bond donors (Lipinski definition) is 1. The number of carbonyl (C=O) groups excluding carboxylic acids is 3. The van der Waals surface area contributed by atoms with Crippen LogP contribution in [0, 0.1) is 0 Å². The Balaban J connectivity index is 2.52. The molecule has 26 heavy (non-hydrogen) atoms. The van der Waals surface area contributed by atoms with Gasteiger partial charge in [0.25, 0.3) is 5.60 Å². The van der Waals surface area contributed by atoms with Crippen molar-refractivity contribution < 1.29 is 33.3 Å². The van der Waals surface area contributed by atoms with Gasteiger partial charge < -0.3 is 24.3 Å². The van der Waals surface area contributed by atoms with Gasteiger partial charge in [-0.1, -0.05) is 19.9 Å². The zero-order valence-electron chi connectivity index (χ0n) is 15.9. The summed E-state index contributed by atoms with van der Waals surface area (Å²) in [5, 5.41) is 2.78. The highest BCUT2D eigenvalue weighted by atomic mass is 16.8. The van der Waals surface area contributed by atoms with Gasteiger partial charge in [-0.3, -0.25) is 9.59 Å². The minimum atomic E-state index is -1.76. The molecule has 1 N–H and O–H groups in total. The molecule has 1 fully saturated rings. The number of esters is 2. The second kappa shape index (κ2) is 7.75. The maximum Gasteiger partial charge on any atom is 0.357 e. The van der Waals surface area contributed by atoms with Crippen molar-refractivity contribution in [3.8, 4) is 0 Å².